The van der Waals surface area contributed by atoms with Gasteiger partial charge in [-0.25, -0.2) is 4.68 Å². The van der Waals surface area contributed by atoms with E-state index in [-0.39, 0.29) is 13.0 Å². The van der Waals surface area contributed by atoms with Crippen LogP contribution in [0.3, 0.4) is 0 Å². The third kappa shape index (κ3) is 5.31. The van der Waals surface area contributed by atoms with Gasteiger partial charge in [-0.1, -0.05) is 17.7 Å². The van der Waals surface area contributed by atoms with Crippen LogP contribution in [-0.4, -0.2) is 38.0 Å². The van der Waals surface area contributed by atoms with Gasteiger partial charge in [0, 0.05) is 11.8 Å². The van der Waals surface area contributed by atoms with Crippen molar-refractivity contribution in [3.05, 3.63) is 59.0 Å². The molecule has 0 aliphatic heterocycles. The molecule has 0 aliphatic rings. The fourth-order valence-electron chi connectivity index (χ4n) is 2.97. The standard InChI is InChI=1S/C21H25N5O3/c1-14-5-7-18(8-6-14)26-19(12-16(3)24-26)22-20(27)13-29-21(28)9-10-25-17(4)11-15(2)23-25/h5-8,11-12H,9-10,13H2,1-4H3,(H,22,27). The predicted octanol–water partition coefficient (Wildman–Crippen LogP) is 2.87. The maximum absolute atomic E-state index is 12.2. The van der Waals surface area contributed by atoms with E-state index < -0.39 is 11.9 Å². The van der Waals surface area contributed by atoms with E-state index in [4.69, 9.17) is 4.74 Å². The van der Waals surface area contributed by atoms with Gasteiger partial charge in [-0.2, -0.15) is 10.2 Å². The number of aryl methyl sites for hydroxylation is 5. The SMILES string of the molecule is Cc1ccc(-n2nc(C)cc2NC(=O)COC(=O)CCn2nc(C)cc2C)cc1. The molecule has 0 unspecified atom stereocenters. The number of carbonyl (C=O) groups is 2. The fraction of sp³-hybridized carbons (Fsp3) is 0.333. The largest absolute Gasteiger partial charge is 0.456 e. The molecule has 0 saturated carbocycles. The lowest BCUT2D eigenvalue weighted by Crippen LogP contribution is -2.23. The van der Waals surface area contributed by atoms with E-state index in [1.165, 1.54) is 0 Å². The first kappa shape index (κ1) is 20.3. The molecule has 8 heteroatoms. The normalized spacial score (nSPS) is 10.8. The Kier molecular flexibility index (Phi) is 6.11. The van der Waals surface area contributed by atoms with E-state index in [1.54, 1.807) is 15.4 Å². The van der Waals surface area contributed by atoms with Crippen molar-refractivity contribution in [2.45, 2.75) is 40.7 Å². The minimum atomic E-state index is -0.448. The quantitative estimate of drug-likeness (QED) is 0.621. The highest BCUT2D eigenvalue weighted by Gasteiger charge is 2.13. The molecule has 3 rings (SSSR count). The second kappa shape index (κ2) is 8.72. The van der Waals surface area contributed by atoms with Gasteiger partial charge in [0.2, 0.25) is 0 Å². The molecule has 1 aromatic carbocycles. The molecular formula is C21H25N5O3. The molecule has 0 spiro atoms. The van der Waals surface area contributed by atoms with Gasteiger partial charge in [0.15, 0.2) is 6.61 Å². The second-order valence-electron chi connectivity index (χ2n) is 7.03. The summed E-state index contributed by atoms with van der Waals surface area (Å²) in [6, 6.07) is 11.5. The predicted molar refractivity (Wildman–Crippen MR) is 109 cm³/mol. The minimum Gasteiger partial charge on any atom is -0.456 e. The van der Waals surface area contributed by atoms with Crippen molar-refractivity contribution in [2.75, 3.05) is 11.9 Å². The molecule has 1 amide bonds. The third-order valence-corrected chi connectivity index (χ3v) is 4.37. The highest BCUT2D eigenvalue weighted by atomic mass is 16.5. The Bertz CT molecular complexity index is 1020. The lowest BCUT2D eigenvalue weighted by atomic mass is 10.2. The molecule has 2 aromatic heterocycles. The molecule has 0 bridgehead atoms. The molecule has 0 fully saturated rings. The Morgan fingerprint density at radius 3 is 2.34 bits per heavy atom. The number of benzene rings is 1. The van der Waals surface area contributed by atoms with Gasteiger partial charge in [-0.05, 0) is 45.9 Å². The van der Waals surface area contributed by atoms with Crippen molar-refractivity contribution in [3.63, 3.8) is 0 Å². The van der Waals surface area contributed by atoms with Crippen LogP contribution in [0.5, 0.6) is 0 Å². The Hall–Kier alpha value is -3.42. The molecule has 152 valence electrons. The molecule has 0 saturated heterocycles. The monoisotopic (exact) mass is 395 g/mol. The summed E-state index contributed by atoms with van der Waals surface area (Å²) in [6.07, 6.45) is 0.148. The molecule has 0 aliphatic carbocycles. The Balaban J connectivity index is 1.54. The van der Waals surface area contributed by atoms with Crippen molar-refractivity contribution in [1.29, 1.82) is 0 Å². The molecule has 2 heterocycles. The molecular weight excluding hydrogens is 370 g/mol. The maximum atomic E-state index is 12.2. The van der Waals surface area contributed by atoms with E-state index in [0.29, 0.717) is 12.4 Å². The van der Waals surface area contributed by atoms with Crippen molar-refractivity contribution >= 4 is 17.7 Å². The Morgan fingerprint density at radius 2 is 1.69 bits per heavy atom. The summed E-state index contributed by atoms with van der Waals surface area (Å²) in [4.78, 5) is 24.2. The number of carbonyl (C=O) groups excluding carboxylic acids is 2. The Labute approximate surface area is 169 Å². The zero-order chi connectivity index (χ0) is 21.0. The van der Waals surface area contributed by atoms with Gasteiger partial charge in [-0.15, -0.1) is 0 Å². The number of amides is 1. The summed E-state index contributed by atoms with van der Waals surface area (Å²) in [7, 11) is 0. The number of nitrogens with one attached hydrogen (secondary N) is 1. The molecule has 3 aromatic rings. The number of rotatable bonds is 7. The van der Waals surface area contributed by atoms with Gasteiger partial charge in [-0.3, -0.25) is 14.3 Å². The molecule has 0 radical (unpaired) electrons. The first-order valence-electron chi connectivity index (χ1n) is 9.42. The van der Waals surface area contributed by atoms with E-state index in [1.807, 2.05) is 58.0 Å². The van der Waals surface area contributed by atoms with Crippen molar-refractivity contribution in [1.82, 2.24) is 19.6 Å². The van der Waals surface area contributed by atoms with Crippen LogP contribution in [0.2, 0.25) is 0 Å². The van der Waals surface area contributed by atoms with Gasteiger partial charge < -0.3 is 10.1 Å². The number of aromatic nitrogens is 4. The summed E-state index contributed by atoms with van der Waals surface area (Å²) < 4.78 is 8.49. The van der Waals surface area contributed by atoms with Crippen molar-refractivity contribution in [3.8, 4) is 5.69 Å². The number of hydrogen-bond acceptors (Lipinski definition) is 5. The topological polar surface area (TPSA) is 91.0 Å². The first-order chi connectivity index (χ1) is 13.8. The van der Waals surface area contributed by atoms with Crippen LogP contribution in [0.4, 0.5) is 5.82 Å². The molecule has 29 heavy (non-hydrogen) atoms. The summed E-state index contributed by atoms with van der Waals surface area (Å²) in [6.45, 7) is 7.74. The number of anilines is 1. The lowest BCUT2D eigenvalue weighted by molar-refractivity contribution is -0.147. The number of ether oxygens (including phenoxy) is 1. The highest BCUT2D eigenvalue weighted by Crippen LogP contribution is 2.17. The number of hydrogen-bond donors (Lipinski definition) is 1. The van der Waals surface area contributed by atoms with Crippen molar-refractivity contribution < 1.29 is 14.3 Å². The van der Waals surface area contributed by atoms with Gasteiger partial charge in [0.1, 0.15) is 5.82 Å². The van der Waals surface area contributed by atoms with Crippen LogP contribution >= 0.6 is 0 Å². The average molecular weight is 395 g/mol. The van der Waals surface area contributed by atoms with Crippen LogP contribution in [-0.2, 0) is 20.9 Å². The minimum absolute atomic E-state index is 0.148. The maximum Gasteiger partial charge on any atom is 0.308 e. The highest BCUT2D eigenvalue weighted by molar-refractivity contribution is 5.92. The summed E-state index contributed by atoms with van der Waals surface area (Å²) >= 11 is 0. The van der Waals surface area contributed by atoms with Crippen LogP contribution in [0.25, 0.3) is 5.69 Å². The van der Waals surface area contributed by atoms with Crippen LogP contribution in [0.1, 0.15) is 29.1 Å². The first-order valence-corrected chi connectivity index (χ1v) is 9.42. The van der Waals surface area contributed by atoms with Gasteiger partial charge >= 0.3 is 5.97 Å². The summed E-state index contributed by atoms with van der Waals surface area (Å²) in [5.41, 5.74) is 4.61. The fourth-order valence-corrected chi connectivity index (χ4v) is 2.97. The van der Waals surface area contributed by atoms with Crippen molar-refractivity contribution in [2.24, 2.45) is 0 Å². The van der Waals surface area contributed by atoms with E-state index in [9.17, 15) is 9.59 Å². The van der Waals surface area contributed by atoms with E-state index >= 15 is 0 Å². The number of nitrogens with zero attached hydrogens (tertiary/aromatic N) is 4. The van der Waals surface area contributed by atoms with Gasteiger partial charge in [0.25, 0.3) is 5.91 Å². The Morgan fingerprint density at radius 1 is 1.00 bits per heavy atom. The second-order valence-corrected chi connectivity index (χ2v) is 7.03. The van der Waals surface area contributed by atoms with Gasteiger partial charge in [0.05, 0.1) is 30.0 Å². The smallest absolute Gasteiger partial charge is 0.308 e. The molecule has 1 N–H and O–H groups in total. The van der Waals surface area contributed by atoms with E-state index in [2.05, 4.69) is 15.5 Å². The van der Waals surface area contributed by atoms with Crippen LogP contribution in [0, 0.1) is 27.7 Å². The lowest BCUT2D eigenvalue weighted by Gasteiger charge is -2.10. The summed E-state index contributed by atoms with van der Waals surface area (Å²) in [5, 5.41) is 11.5. The summed E-state index contributed by atoms with van der Waals surface area (Å²) in [5.74, 6) is -0.344. The van der Waals surface area contributed by atoms with Crippen LogP contribution < -0.4 is 5.32 Å². The zero-order valence-corrected chi connectivity index (χ0v) is 17.1. The third-order valence-electron chi connectivity index (χ3n) is 4.37. The average Bonchev–Trinajstić information content (AvgIpc) is 3.19. The molecule has 0 atom stereocenters. The van der Waals surface area contributed by atoms with E-state index in [0.717, 1.165) is 28.3 Å². The zero-order valence-electron chi connectivity index (χ0n) is 17.1. The van der Waals surface area contributed by atoms with Crippen LogP contribution in [0.15, 0.2) is 36.4 Å². The number of esters is 1. The molecule has 8 nitrogen and oxygen atoms in total.